The molecule has 1 aromatic heterocycles. The van der Waals surface area contributed by atoms with E-state index in [9.17, 15) is 4.79 Å². The van der Waals surface area contributed by atoms with Gasteiger partial charge in [0.15, 0.2) is 5.54 Å². The van der Waals surface area contributed by atoms with Crippen molar-refractivity contribution >= 4 is 11.7 Å². The molecule has 1 aliphatic carbocycles. The van der Waals surface area contributed by atoms with E-state index in [2.05, 4.69) is 22.3 Å². The Morgan fingerprint density at radius 3 is 2.77 bits per heavy atom. The van der Waals surface area contributed by atoms with Crippen molar-refractivity contribution < 1.29 is 22.7 Å². The lowest BCUT2D eigenvalue weighted by atomic mass is 9.80. The summed E-state index contributed by atoms with van der Waals surface area (Å²) in [5.41, 5.74) is -1.31. The summed E-state index contributed by atoms with van der Waals surface area (Å²) >= 11 is 0. The zero-order valence-corrected chi connectivity index (χ0v) is 17.5. The van der Waals surface area contributed by atoms with Gasteiger partial charge in [0.25, 0.3) is 5.92 Å². The number of urea groups is 1. The fourth-order valence-electron chi connectivity index (χ4n) is 3.79. The summed E-state index contributed by atoms with van der Waals surface area (Å²) in [5.74, 6) is 1.44. The molecule has 0 unspecified atom stereocenters. The molecule has 1 aliphatic heterocycles. The number of alkyl halides is 2. The maximum Gasteiger partial charge on any atom is 0.323 e. The molecule has 4 rings (SSSR count). The second-order valence-electron chi connectivity index (χ2n) is 8.06. The topological polar surface area (TPSA) is 59.4 Å². The maximum absolute atomic E-state index is 15.1. The molecule has 2 heterocycles. The van der Waals surface area contributed by atoms with Crippen LogP contribution in [0.2, 0.25) is 0 Å². The smallest absolute Gasteiger partial charge is 0.323 e. The van der Waals surface area contributed by atoms with Crippen LogP contribution in [0.5, 0.6) is 0 Å². The van der Waals surface area contributed by atoms with Crippen LogP contribution in [0.25, 0.3) is 0 Å². The molecule has 0 radical (unpaired) electrons. The molecular weight excluding hydrogens is 409 g/mol. The molecule has 0 bridgehead atoms. The lowest BCUT2D eigenvalue weighted by Gasteiger charge is -2.46. The normalized spacial score (nSPS) is 20.7. The van der Waals surface area contributed by atoms with E-state index in [0.29, 0.717) is 19.2 Å². The van der Waals surface area contributed by atoms with Gasteiger partial charge in [-0.2, -0.15) is 5.10 Å². The van der Waals surface area contributed by atoms with Gasteiger partial charge in [-0.15, -0.1) is 0 Å². The summed E-state index contributed by atoms with van der Waals surface area (Å²) in [5, 5.41) is 6.87. The summed E-state index contributed by atoms with van der Waals surface area (Å²) in [6.07, 6.45) is 3.35. The lowest BCUT2D eigenvalue weighted by Crippen LogP contribution is -2.60. The van der Waals surface area contributed by atoms with Crippen LogP contribution in [0.15, 0.2) is 24.4 Å². The number of nitrogens with zero attached hydrogens (tertiary/aromatic N) is 3. The highest BCUT2D eigenvalue weighted by molar-refractivity contribution is 5.95. The van der Waals surface area contributed by atoms with Crippen LogP contribution in [-0.4, -0.2) is 40.8 Å². The van der Waals surface area contributed by atoms with Crippen LogP contribution in [0.1, 0.15) is 36.6 Å². The first-order chi connectivity index (χ1) is 14.7. The lowest BCUT2D eigenvalue weighted by molar-refractivity contribution is -0.0862. The minimum atomic E-state index is -3.43. The van der Waals surface area contributed by atoms with Crippen molar-refractivity contribution in [1.82, 2.24) is 14.7 Å². The molecule has 9 heteroatoms. The number of benzene rings is 1. The number of carbonyl (C=O) groups is 1. The van der Waals surface area contributed by atoms with Gasteiger partial charge in [0.2, 0.25) is 0 Å². The van der Waals surface area contributed by atoms with Gasteiger partial charge in [0.1, 0.15) is 5.82 Å². The minimum Gasteiger partial charge on any atom is -0.378 e. The van der Waals surface area contributed by atoms with Crippen LogP contribution in [0, 0.1) is 23.6 Å². The summed E-state index contributed by atoms with van der Waals surface area (Å²) in [6.45, 7) is 1.09. The largest absolute Gasteiger partial charge is 0.378 e. The average Bonchev–Trinajstić information content (AvgIpc) is 3.42. The zero-order valence-electron chi connectivity index (χ0n) is 17.5. The molecule has 2 aromatic rings. The van der Waals surface area contributed by atoms with Crippen molar-refractivity contribution in [2.45, 2.75) is 44.4 Å². The first-order valence-corrected chi connectivity index (χ1v) is 9.95. The third-order valence-corrected chi connectivity index (χ3v) is 5.62. The molecule has 1 N–H and O–H groups in total. The number of carbonyl (C=O) groups excluding carboxylic acids is 1. The fraction of sp³-hybridized carbons (Fsp3) is 0.455. The zero-order chi connectivity index (χ0) is 22.4. The second-order valence-corrected chi connectivity index (χ2v) is 8.06. The summed E-state index contributed by atoms with van der Waals surface area (Å²) in [7, 11) is 2.80. The van der Waals surface area contributed by atoms with Crippen LogP contribution < -0.4 is 5.32 Å². The van der Waals surface area contributed by atoms with Crippen molar-refractivity contribution in [3.05, 3.63) is 47.0 Å². The molecule has 1 aromatic carbocycles. The van der Waals surface area contributed by atoms with Gasteiger partial charge < -0.3 is 15.0 Å². The number of amides is 2. The Balaban J connectivity index is 1.79. The molecule has 0 saturated heterocycles. The highest BCUT2D eigenvalue weighted by atomic mass is 19.3. The molecule has 2 aliphatic rings. The second kappa shape index (κ2) is 7.61. The number of ether oxygens (including phenoxy) is 1. The van der Waals surface area contributed by atoms with Crippen molar-refractivity contribution in [3.63, 3.8) is 0 Å². The summed E-state index contributed by atoms with van der Waals surface area (Å²) in [6, 6.07) is 3.46. The van der Waals surface area contributed by atoms with E-state index in [1.54, 1.807) is 19.4 Å². The Hall–Kier alpha value is -2.99. The van der Waals surface area contributed by atoms with Crippen LogP contribution in [-0.2, 0) is 23.4 Å². The van der Waals surface area contributed by atoms with Gasteiger partial charge in [-0.05, 0) is 31.0 Å². The molecular formula is C22H23F3N4O2. The van der Waals surface area contributed by atoms with Crippen molar-refractivity contribution in [1.29, 1.82) is 0 Å². The quantitative estimate of drug-likeness (QED) is 0.728. The SMILES string of the molecule is COCc1ccn(Cc2cc3c(cc2F)[C@@](C#CC2CC2)(C(C)(F)F)N(C)C(=O)N3)n1. The molecule has 2 amide bonds. The van der Waals surface area contributed by atoms with E-state index < -0.39 is 23.3 Å². The molecule has 1 fully saturated rings. The van der Waals surface area contributed by atoms with Crippen LogP contribution >= 0.6 is 0 Å². The maximum atomic E-state index is 15.1. The number of hydrogen-bond donors (Lipinski definition) is 1. The molecule has 1 saturated carbocycles. The Morgan fingerprint density at radius 2 is 2.13 bits per heavy atom. The summed E-state index contributed by atoms with van der Waals surface area (Å²) in [4.78, 5) is 13.5. The highest BCUT2D eigenvalue weighted by Crippen LogP contribution is 2.48. The van der Waals surface area contributed by atoms with E-state index in [4.69, 9.17) is 4.74 Å². The standard InChI is InChI=1S/C22H23F3N4O2/c1-21(24,25)22(8-6-14-4-5-14)17-11-18(23)15(10-19(17)26-20(30)28(22)2)12-29-9-7-16(27-29)13-31-3/h7,9-11,14H,4-5,12-13H2,1-3H3,(H,26,30)/t22-/m0/s1. The third-order valence-electron chi connectivity index (χ3n) is 5.62. The number of halogens is 3. The van der Waals surface area contributed by atoms with Gasteiger partial charge >= 0.3 is 6.03 Å². The average molecular weight is 432 g/mol. The van der Waals surface area contributed by atoms with Crippen LogP contribution in [0.4, 0.5) is 23.7 Å². The van der Waals surface area contributed by atoms with Gasteiger partial charge in [0.05, 0.1) is 18.8 Å². The first-order valence-electron chi connectivity index (χ1n) is 9.95. The third kappa shape index (κ3) is 3.76. The predicted octanol–water partition coefficient (Wildman–Crippen LogP) is 3.96. The molecule has 164 valence electrons. The monoisotopic (exact) mass is 432 g/mol. The number of nitrogens with one attached hydrogen (secondary N) is 1. The molecule has 0 spiro atoms. The highest BCUT2D eigenvalue weighted by Gasteiger charge is 2.58. The van der Waals surface area contributed by atoms with Crippen molar-refractivity contribution in [3.8, 4) is 11.8 Å². The van der Waals surface area contributed by atoms with E-state index in [0.717, 1.165) is 23.8 Å². The molecule has 6 nitrogen and oxygen atoms in total. The van der Waals surface area contributed by atoms with Crippen molar-refractivity contribution in [2.75, 3.05) is 19.5 Å². The Labute approximate surface area is 178 Å². The Kier molecular flexibility index (Phi) is 5.21. The van der Waals surface area contributed by atoms with E-state index in [1.165, 1.54) is 17.8 Å². The number of methoxy groups -OCH3 is 1. The molecule has 1 atom stereocenters. The first kappa shape index (κ1) is 21.2. The number of anilines is 1. The van der Waals surface area contributed by atoms with Gasteiger partial charge in [-0.1, -0.05) is 11.8 Å². The fourth-order valence-corrected chi connectivity index (χ4v) is 3.79. The number of hydrogen-bond acceptors (Lipinski definition) is 3. The number of rotatable bonds is 5. The van der Waals surface area contributed by atoms with E-state index >= 15 is 13.2 Å². The van der Waals surface area contributed by atoms with Gasteiger partial charge in [0, 0.05) is 50.0 Å². The minimum absolute atomic E-state index is 0.0336. The predicted molar refractivity (Wildman–Crippen MR) is 108 cm³/mol. The van der Waals surface area contributed by atoms with Gasteiger partial charge in [-0.3, -0.25) is 4.68 Å². The number of fused-ring (bicyclic) bond motifs is 1. The van der Waals surface area contributed by atoms with Crippen molar-refractivity contribution in [2.24, 2.45) is 5.92 Å². The van der Waals surface area contributed by atoms with E-state index in [1.807, 2.05) is 0 Å². The Morgan fingerprint density at radius 1 is 1.39 bits per heavy atom. The summed E-state index contributed by atoms with van der Waals surface area (Å²) < 4.78 is 51.7. The number of aromatic nitrogens is 2. The Bertz CT molecular complexity index is 1080. The van der Waals surface area contributed by atoms with E-state index in [-0.39, 0.29) is 29.3 Å². The van der Waals surface area contributed by atoms with Gasteiger partial charge in [-0.25, -0.2) is 18.0 Å². The van der Waals surface area contributed by atoms with Crippen LogP contribution in [0.3, 0.4) is 0 Å². The molecule has 31 heavy (non-hydrogen) atoms.